The molecule has 1 rings (SSSR count). The minimum Gasteiger partial charge on any atom is -0.504 e. The zero-order chi connectivity index (χ0) is 12.3. The van der Waals surface area contributed by atoms with Crippen LogP contribution in [0.3, 0.4) is 0 Å². The lowest BCUT2D eigenvalue weighted by molar-refractivity contribution is -0.132. The quantitative estimate of drug-likeness (QED) is 0.536. The smallest absolute Gasteiger partial charge is 0.331 e. The highest BCUT2D eigenvalue weighted by Gasteiger charge is 2.09. The standard InChI is InChI=1S/C11H12O5/c1-6(11(14)15)3-7-4-8(12)10(13)9(5-7)16-2/h3-5,12-13H,1-2H3,(H,14,15)/b6-3+. The largest absolute Gasteiger partial charge is 0.504 e. The number of carbonyl (C=O) groups is 1. The van der Waals surface area contributed by atoms with Gasteiger partial charge in [0.15, 0.2) is 11.5 Å². The number of methoxy groups -OCH3 is 1. The summed E-state index contributed by atoms with van der Waals surface area (Å²) in [5.74, 6) is -1.69. The number of hydrogen-bond acceptors (Lipinski definition) is 4. The van der Waals surface area contributed by atoms with E-state index in [9.17, 15) is 15.0 Å². The third kappa shape index (κ3) is 2.44. The Kier molecular flexibility index (Phi) is 3.40. The number of benzene rings is 1. The minimum atomic E-state index is -1.05. The van der Waals surface area contributed by atoms with Gasteiger partial charge in [-0.15, -0.1) is 0 Å². The molecule has 0 bridgehead atoms. The first-order valence-electron chi connectivity index (χ1n) is 4.47. The van der Waals surface area contributed by atoms with Gasteiger partial charge in [-0.05, 0) is 30.7 Å². The molecule has 0 fully saturated rings. The van der Waals surface area contributed by atoms with Gasteiger partial charge in [-0.1, -0.05) is 0 Å². The molecule has 0 atom stereocenters. The number of carboxylic acid groups (broad SMARTS) is 1. The molecular weight excluding hydrogens is 212 g/mol. The van der Waals surface area contributed by atoms with Gasteiger partial charge in [-0.3, -0.25) is 0 Å². The van der Waals surface area contributed by atoms with Crippen molar-refractivity contribution in [1.29, 1.82) is 0 Å². The van der Waals surface area contributed by atoms with Gasteiger partial charge in [0.25, 0.3) is 0 Å². The second kappa shape index (κ2) is 4.57. The zero-order valence-electron chi connectivity index (χ0n) is 8.89. The summed E-state index contributed by atoms with van der Waals surface area (Å²) in [5.41, 5.74) is 0.555. The molecule has 0 aromatic heterocycles. The summed E-state index contributed by atoms with van der Waals surface area (Å²) in [7, 11) is 1.34. The molecular formula is C11H12O5. The van der Waals surface area contributed by atoms with Crippen LogP contribution in [0.4, 0.5) is 0 Å². The first-order chi connectivity index (χ1) is 7.45. The molecule has 0 radical (unpaired) electrons. The first kappa shape index (κ1) is 11.9. The maximum Gasteiger partial charge on any atom is 0.331 e. The van der Waals surface area contributed by atoms with Crippen molar-refractivity contribution in [3.8, 4) is 17.2 Å². The number of aliphatic carboxylic acids is 1. The molecule has 0 aliphatic carbocycles. The van der Waals surface area contributed by atoms with Crippen molar-refractivity contribution in [2.75, 3.05) is 7.11 Å². The summed E-state index contributed by atoms with van der Waals surface area (Å²) in [4.78, 5) is 10.6. The van der Waals surface area contributed by atoms with E-state index >= 15 is 0 Å². The van der Waals surface area contributed by atoms with Crippen LogP contribution >= 0.6 is 0 Å². The van der Waals surface area contributed by atoms with Crippen LogP contribution in [0.15, 0.2) is 17.7 Å². The van der Waals surface area contributed by atoms with Crippen LogP contribution in [0.25, 0.3) is 6.08 Å². The Morgan fingerprint density at radius 2 is 2.00 bits per heavy atom. The van der Waals surface area contributed by atoms with Crippen molar-refractivity contribution in [1.82, 2.24) is 0 Å². The second-order valence-electron chi connectivity index (χ2n) is 3.22. The van der Waals surface area contributed by atoms with Crippen LogP contribution in [0.2, 0.25) is 0 Å². The minimum absolute atomic E-state index is 0.0874. The molecule has 0 unspecified atom stereocenters. The molecule has 0 amide bonds. The van der Waals surface area contributed by atoms with E-state index in [1.54, 1.807) is 0 Å². The normalized spacial score (nSPS) is 11.2. The molecule has 1 aromatic carbocycles. The molecule has 1 aromatic rings. The maximum atomic E-state index is 10.6. The molecule has 5 nitrogen and oxygen atoms in total. The SMILES string of the molecule is COc1cc(/C=C(\C)C(=O)O)cc(O)c1O. The van der Waals surface area contributed by atoms with E-state index in [1.807, 2.05) is 0 Å². The van der Waals surface area contributed by atoms with Crippen LogP contribution in [0.1, 0.15) is 12.5 Å². The van der Waals surface area contributed by atoms with Crippen molar-refractivity contribution < 1.29 is 24.9 Å². The fourth-order valence-electron chi connectivity index (χ4n) is 1.16. The van der Waals surface area contributed by atoms with E-state index < -0.39 is 5.97 Å². The molecule has 5 heteroatoms. The Bertz CT molecular complexity index is 448. The van der Waals surface area contributed by atoms with E-state index in [1.165, 1.54) is 32.2 Å². The maximum absolute atomic E-state index is 10.6. The zero-order valence-corrected chi connectivity index (χ0v) is 8.89. The topological polar surface area (TPSA) is 87.0 Å². The Hall–Kier alpha value is -2.17. The molecule has 0 aliphatic rings. The number of phenols is 2. The van der Waals surface area contributed by atoms with Crippen LogP contribution < -0.4 is 4.74 Å². The number of hydrogen-bond donors (Lipinski definition) is 3. The summed E-state index contributed by atoms with van der Waals surface area (Å²) in [6, 6.07) is 2.69. The van der Waals surface area contributed by atoms with Crippen LogP contribution in [-0.4, -0.2) is 28.4 Å². The molecule has 16 heavy (non-hydrogen) atoms. The Labute approximate surface area is 92.2 Å². The lowest BCUT2D eigenvalue weighted by Crippen LogP contribution is -1.95. The van der Waals surface area contributed by atoms with Gasteiger partial charge in [0, 0.05) is 5.57 Å². The van der Waals surface area contributed by atoms with Gasteiger partial charge in [0.1, 0.15) is 0 Å². The highest BCUT2D eigenvalue weighted by Crippen LogP contribution is 2.36. The number of rotatable bonds is 3. The number of phenolic OH excluding ortho intramolecular Hbond substituents is 2. The first-order valence-corrected chi connectivity index (χ1v) is 4.47. The third-order valence-electron chi connectivity index (χ3n) is 2.02. The monoisotopic (exact) mass is 224 g/mol. The van der Waals surface area contributed by atoms with Crippen molar-refractivity contribution in [2.45, 2.75) is 6.92 Å². The molecule has 0 saturated carbocycles. The van der Waals surface area contributed by atoms with Crippen molar-refractivity contribution in [2.24, 2.45) is 0 Å². The summed E-state index contributed by atoms with van der Waals surface area (Å²) >= 11 is 0. The summed E-state index contributed by atoms with van der Waals surface area (Å²) < 4.78 is 4.82. The van der Waals surface area contributed by atoms with Crippen molar-refractivity contribution >= 4 is 12.0 Å². The van der Waals surface area contributed by atoms with Gasteiger partial charge in [-0.25, -0.2) is 4.79 Å². The van der Waals surface area contributed by atoms with Gasteiger partial charge in [0.2, 0.25) is 5.75 Å². The van der Waals surface area contributed by atoms with Crippen molar-refractivity contribution in [3.63, 3.8) is 0 Å². The summed E-state index contributed by atoms with van der Waals surface area (Å²) in [5, 5.41) is 27.4. The fraction of sp³-hybridized carbons (Fsp3) is 0.182. The highest BCUT2D eigenvalue weighted by atomic mass is 16.5. The van der Waals surface area contributed by atoms with Crippen LogP contribution in [-0.2, 0) is 4.79 Å². The Morgan fingerprint density at radius 3 is 2.50 bits per heavy atom. The van der Waals surface area contributed by atoms with E-state index in [0.29, 0.717) is 5.56 Å². The van der Waals surface area contributed by atoms with Gasteiger partial charge < -0.3 is 20.1 Å². The average Bonchev–Trinajstić information content (AvgIpc) is 2.22. The van der Waals surface area contributed by atoms with E-state index in [4.69, 9.17) is 9.84 Å². The summed E-state index contributed by atoms with van der Waals surface area (Å²) in [6.07, 6.45) is 1.37. The average molecular weight is 224 g/mol. The Morgan fingerprint density at radius 1 is 1.38 bits per heavy atom. The molecule has 0 aliphatic heterocycles. The number of ether oxygens (including phenoxy) is 1. The number of aromatic hydroxyl groups is 2. The molecule has 0 heterocycles. The van der Waals surface area contributed by atoms with Gasteiger partial charge >= 0.3 is 5.97 Å². The second-order valence-corrected chi connectivity index (χ2v) is 3.22. The van der Waals surface area contributed by atoms with Crippen LogP contribution in [0, 0.1) is 0 Å². The Balaban J connectivity index is 3.22. The van der Waals surface area contributed by atoms with Gasteiger partial charge in [-0.2, -0.15) is 0 Å². The molecule has 0 spiro atoms. The predicted octanol–water partition coefficient (Wildman–Crippen LogP) is 1.59. The van der Waals surface area contributed by atoms with E-state index in [0.717, 1.165) is 0 Å². The molecule has 0 saturated heterocycles. The predicted molar refractivity (Wildman–Crippen MR) is 57.6 cm³/mol. The number of carboxylic acids is 1. The van der Waals surface area contributed by atoms with Gasteiger partial charge in [0.05, 0.1) is 7.11 Å². The summed E-state index contributed by atoms with van der Waals surface area (Å²) in [6.45, 7) is 1.43. The van der Waals surface area contributed by atoms with E-state index in [2.05, 4.69) is 0 Å². The lowest BCUT2D eigenvalue weighted by atomic mass is 10.1. The lowest BCUT2D eigenvalue weighted by Gasteiger charge is -2.06. The van der Waals surface area contributed by atoms with Crippen molar-refractivity contribution in [3.05, 3.63) is 23.3 Å². The fourth-order valence-corrected chi connectivity index (χ4v) is 1.16. The molecule has 3 N–H and O–H groups in total. The van der Waals surface area contributed by atoms with Crippen LogP contribution in [0.5, 0.6) is 17.2 Å². The molecule has 86 valence electrons. The highest BCUT2D eigenvalue weighted by molar-refractivity contribution is 5.91. The van der Waals surface area contributed by atoms with E-state index in [-0.39, 0.29) is 22.8 Å². The third-order valence-corrected chi connectivity index (χ3v) is 2.02.